The number of aliphatic carboxylic acids is 1. The van der Waals surface area contributed by atoms with Crippen LogP contribution >= 0.6 is 11.6 Å². The molecule has 1 saturated heterocycles. The van der Waals surface area contributed by atoms with E-state index in [4.69, 9.17) is 26.2 Å². The van der Waals surface area contributed by atoms with Crippen molar-refractivity contribution in [3.05, 3.63) is 29.3 Å². The maximum atomic E-state index is 11.8. The van der Waals surface area contributed by atoms with Crippen molar-refractivity contribution in [1.82, 2.24) is 0 Å². The highest BCUT2D eigenvalue weighted by Gasteiger charge is 2.40. The van der Waals surface area contributed by atoms with Crippen molar-refractivity contribution >= 4 is 29.2 Å². The number of carbonyl (C=O) groups is 2. The van der Waals surface area contributed by atoms with Gasteiger partial charge < -0.3 is 19.9 Å². The molecule has 1 aromatic carbocycles. The number of amides is 1. The number of nitrogens with one attached hydrogen (secondary N) is 1. The number of anilines is 1. The van der Waals surface area contributed by atoms with E-state index < -0.39 is 24.1 Å². The first kappa shape index (κ1) is 12.8. The molecule has 1 amide bonds. The third kappa shape index (κ3) is 2.61. The van der Waals surface area contributed by atoms with Gasteiger partial charge in [-0.05, 0) is 12.1 Å². The number of para-hydroxylation sites is 1. The van der Waals surface area contributed by atoms with Gasteiger partial charge in [0.05, 0.1) is 10.7 Å². The maximum absolute atomic E-state index is 11.8. The lowest BCUT2D eigenvalue weighted by molar-refractivity contribution is -0.149. The molecule has 0 radical (unpaired) electrons. The fourth-order valence-corrected chi connectivity index (χ4v) is 1.72. The van der Waals surface area contributed by atoms with E-state index in [1.807, 2.05) is 0 Å². The quantitative estimate of drug-likeness (QED) is 0.860. The third-order valence-corrected chi connectivity index (χ3v) is 2.73. The topological polar surface area (TPSA) is 84.9 Å². The summed E-state index contributed by atoms with van der Waals surface area (Å²) in [5.74, 6) is -1.85. The first-order valence-electron chi connectivity index (χ1n) is 5.11. The summed E-state index contributed by atoms with van der Waals surface area (Å²) in [4.78, 5) is 22.7. The second-order valence-electron chi connectivity index (χ2n) is 3.60. The van der Waals surface area contributed by atoms with Gasteiger partial charge in [0.15, 0.2) is 12.2 Å². The summed E-state index contributed by atoms with van der Waals surface area (Å²) in [6.07, 6.45) is -2.48. The number of rotatable bonds is 3. The Morgan fingerprint density at radius 2 is 1.94 bits per heavy atom. The van der Waals surface area contributed by atoms with Crippen LogP contribution in [0.3, 0.4) is 0 Å². The zero-order valence-electron chi connectivity index (χ0n) is 9.13. The molecule has 1 heterocycles. The molecule has 2 atom stereocenters. The van der Waals surface area contributed by atoms with Crippen LogP contribution in [-0.2, 0) is 19.1 Å². The first-order valence-corrected chi connectivity index (χ1v) is 5.49. The molecular weight excluding hydrogens is 262 g/mol. The monoisotopic (exact) mass is 271 g/mol. The molecule has 1 aliphatic rings. The number of carbonyl (C=O) groups excluding carboxylic acids is 1. The van der Waals surface area contributed by atoms with Gasteiger partial charge in [0.1, 0.15) is 6.79 Å². The van der Waals surface area contributed by atoms with Crippen LogP contribution in [0.5, 0.6) is 0 Å². The average molecular weight is 272 g/mol. The van der Waals surface area contributed by atoms with Crippen LogP contribution in [0.1, 0.15) is 0 Å². The van der Waals surface area contributed by atoms with Gasteiger partial charge in [-0.1, -0.05) is 23.7 Å². The number of carboxylic acids is 1. The van der Waals surface area contributed by atoms with Gasteiger partial charge in [-0.25, -0.2) is 4.79 Å². The standard InChI is InChI=1S/C11H10ClNO5/c12-6-3-1-2-4-7(6)13-10(14)8-9(11(15)16)18-5-17-8/h1-4,8-9H,5H2,(H,13,14)(H,15,16)/t8-,9-/m1/s1. The predicted molar refractivity (Wildman–Crippen MR) is 62.3 cm³/mol. The fourth-order valence-electron chi connectivity index (χ4n) is 1.54. The van der Waals surface area contributed by atoms with E-state index >= 15 is 0 Å². The summed E-state index contributed by atoms with van der Waals surface area (Å²) < 4.78 is 9.74. The summed E-state index contributed by atoms with van der Waals surface area (Å²) in [6.45, 7) is -0.225. The molecule has 0 aromatic heterocycles. The number of carboxylic acid groups (broad SMARTS) is 1. The zero-order chi connectivity index (χ0) is 13.1. The molecule has 6 nitrogen and oxygen atoms in total. The molecule has 2 N–H and O–H groups in total. The van der Waals surface area contributed by atoms with Crippen molar-refractivity contribution in [3.8, 4) is 0 Å². The van der Waals surface area contributed by atoms with E-state index in [-0.39, 0.29) is 6.79 Å². The Labute approximate surface area is 107 Å². The van der Waals surface area contributed by atoms with Crippen molar-refractivity contribution in [1.29, 1.82) is 0 Å². The van der Waals surface area contributed by atoms with Crippen molar-refractivity contribution in [2.75, 3.05) is 12.1 Å². The van der Waals surface area contributed by atoms with Crippen LogP contribution in [0.4, 0.5) is 5.69 Å². The normalized spacial score (nSPS) is 22.7. The Balaban J connectivity index is 2.08. The van der Waals surface area contributed by atoms with E-state index in [1.54, 1.807) is 24.3 Å². The Hall–Kier alpha value is -1.63. The Kier molecular flexibility index (Phi) is 3.81. The number of halogens is 1. The van der Waals surface area contributed by atoms with Crippen LogP contribution in [-0.4, -0.2) is 36.0 Å². The van der Waals surface area contributed by atoms with E-state index in [0.29, 0.717) is 10.7 Å². The molecule has 1 aromatic rings. The van der Waals surface area contributed by atoms with Gasteiger partial charge in [-0.3, -0.25) is 4.79 Å². The lowest BCUT2D eigenvalue weighted by Gasteiger charge is -2.13. The number of hydrogen-bond donors (Lipinski definition) is 2. The molecule has 0 unspecified atom stereocenters. The summed E-state index contributed by atoms with van der Waals surface area (Å²) in [5, 5.41) is 11.7. The van der Waals surface area contributed by atoms with Crippen molar-refractivity contribution < 1.29 is 24.2 Å². The molecule has 1 aliphatic heterocycles. The summed E-state index contributed by atoms with van der Waals surface area (Å²) >= 11 is 5.87. The lowest BCUT2D eigenvalue weighted by Crippen LogP contribution is -2.40. The molecule has 2 rings (SSSR count). The summed E-state index contributed by atoms with van der Waals surface area (Å²) in [6, 6.07) is 6.62. The average Bonchev–Trinajstić information content (AvgIpc) is 2.81. The molecule has 1 fully saturated rings. The van der Waals surface area contributed by atoms with Crippen molar-refractivity contribution in [3.63, 3.8) is 0 Å². The Morgan fingerprint density at radius 1 is 1.28 bits per heavy atom. The largest absolute Gasteiger partial charge is 0.479 e. The summed E-state index contributed by atoms with van der Waals surface area (Å²) in [7, 11) is 0. The second-order valence-corrected chi connectivity index (χ2v) is 4.01. The minimum absolute atomic E-state index is 0.225. The molecule has 7 heteroatoms. The van der Waals surface area contributed by atoms with E-state index in [0.717, 1.165) is 0 Å². The molecule has 0 spiro atoms. The van der Waals surface area contributed by atoms with Gasteiger partial charge >= 0.3 is 5.97 Å². The van der Waals surface area contributed by atoms with Gasteiger partial charge in [0, 0.05) is 0 Å². The van der Waals surface area contributed by atoms with Crippen LogP contribution < -0.4 is 5.32 Å². The van der Waals surface area contributed by atoms with Crippen LogP contribution in [0, 0.1) is 0 Å². The Morgan fingerprint density at radius 3 is 2.61 bits per heavy atom. The highest BCUT2D eigenvalue weighted by molar-refractivity contribution is 6.33. The number of ether oxygens (including phenoxy) is 2. The van der Waals surface area contributed by atoms with Crippen LogP contribution in [0.15, 0.2) is 24.3 Å². The van der Waals surface area contributed by atoms with Crippen molar-refractivity contribution in [2.45, 2.75) is 12.2 Å². The maximum Gasteiger partial charge on any atom is 0.336 e. The molecule has 96 valence electrons. The smallest absolute Gasteiger partial charge is 0.336 e. The van der Waals surface area contributed by atoms with Crippen molar-refractivity contribution in [2.24, 2.45) is 0 Å². The van der Waals surface area contributed by atoms with Gasteiger partial charge in [-0.15, -0.1) is 0 Å². The highest BCUT2D eigenvalue weighted by Crippen LogP contribution is 2.22. The number of benzene rings is 1. The SMILES string of the molecule is O=C(O)[C@@H]1OCO[C@H]1C(=O)Nc1ccccc1Cl. The molecule has 0 bridgehead atoms. The van der Waals surface area contributed by atoms with Gasteiger partial charge in [0.2, 0.25) is 0 Å². The molecular formula is C11H10ClNO5. The zero-order valence-corrected chi connectivity index (χ0v) is 9.89. The highest BCUT2D eigenvalue weighted by atomic mass is 35.5. The first-order chi connectivity index (χ1) is 8.59. The fraction of sp³-hybridized carbons (Fsp3) is 0.273. The van der Waals surface area contributed by atoms with Gasteiger partial charge in [-0.2, -0.15) is 0 Å². The van der Waals surface area contributed by atoms with Crippen LogP contribution in [0.2, 0.25) is 5.02 Å². The molecule has 0 saturated carbocycles. The second kappa shape index (κ2) is 5.34. The molecule has 0 aliphatic carbocycles. The van der Waals surface area contributed by atoms with E-state index in [2.05, 4.69) is 5.32 Å². The van der Waals surface area contributed by atoms with Crippen LogP contribution in [0.25, 0.3) is 0 Å². The minimum Gasteiger partial charge on any atom is -0.479 e. The Bertz CT molecular complexity index is 478. The predicted octanol–water partition coefficient (Wildman–Crippen LogP) is 1.10. The number of hydrogen-bond acceptors (Lipinski definition) is 4. The van der Waals surface area contributed by atoms with E-state index in [1.165, 1.54) is 0 Å². The molecule has 18 heavy (non-hydrogen) atoms. The minimum atomic E-state index is -1.30. The van der Waals surface area contributed by atoms with Gasteiger partial charge in [0.25, 0.3) is 5.91 Å². The van der Waals surface area contributed by atoms with E-state index in [9.17, 15) is 9.59 Å². The summed E-state index contributed by atoms with van der Waals surface area (Å²) in [5.41, 5.74) is 0.392. The third-order valence-electron chi connectivity index (χ3n) is 2.40. The lowest BCUT2D eigenvalue weighted by atomic mass is 10.2.